The lowest BCUT2D eigenvalue weighted by molar-refractivity contribution is 0.00740. The van der Waals surface area contributed by atoms with Gasteiger partial charge in [-0.15, -0.1) is 11.3 Å². The molecule has 0 aromatic carbocycles. The van der Waals surface area contributed by atoms with Crippen molar-refractivity contribution in [3.05, 3.63) is 50.1 Å². The molecule has 0 amide bonds. The third kappa shape index (κ3) is 3.23. The van der Waals surface area contributed by atoms with Crippen molar-refractivity contribution >= 4 is 39.0 Å². The van der Waals surface area contributed by atoms with E-state index >= 15 is 0 Å². The summed E-state index contributed by atoms with van der Waals surface area (Å²) in [6.07, 6.45) is 1.79. The summed E-state index contributed by atoms with van der Waals surface area (Å²) in [4.78, 5) is 37.9. The zero-order valence-corrected chi connectivity index (χ0v) is 16.9. The van der Waals surface area contributed by atoms with Crippen molar-refractivity contribution in [3.63, 3.8) is 0 Å². The van der Waals surface area contributed by atoms with E-state index in [0.29, 0.717) is 15.8 Å². The number of ether oxygens (including phenoxy) is 2. The Labute approximate surface area is 160 Å². The summed E-state index contributed by atoms with van der Waals surface area (Å²) < 4.78 is 12.5. The minimum Gasteiger partial charge on any atom is -0.465 e. The summed E-state index contributed by atoms with van der Waals surface area (Å²) in [6.45, 7) is 9.16. The fourth-order valence-electron chi connectivity index (χ4n) is 3.13. The van der Waals surface area contributed by atoms with E-state index in [-0.39, 0.29) is 11.1 Å². The highest BCUT2D eigenvalue weighted by molar-refractivity contribution is 7.17. The third-order valence-corrected chi connectivity index (χ3v) is 5.06. The van der Waals surface area contributed by atoms with Crippen molar-refractivity contribution in [3.8, 4) is 0 Å². The molecule has 0 N–H and O–H groups in total. The number of nitrogens with zero attached hydrogens (tertiary/aromatic N) is 1. The van der Waals surface area contributed by atoms with Crippen LogP contribution in [0, 0.1) is 13.8 Å². The van der Waals surface area contributed by atoms with Gasteiger partial charge in [-0.1, -0.05) is 6.07 Å². The Balaban J connectivity index is 2.48. The predicted octanol–water partition coefficient (Wildman–Crippen LogP) is 3.87. The Morgan fingerprint density at radius 1 is 1.11 bits per heavy atom. The smallest absolute Gasteiger partial charge is 0.342 e. The number of hydrogen-bond acceptors (Lipinski definition) is 6. The number of pyridine rings is 1. The average Bonchev–Trinajstić information content (AvgIpc) is 2.88. The molecule has 0 spiro atoms. The van der Waals surface area contributed by atoms with Gasteiger partial charge < -0.3 is 13.9 Å². The number of hydrogen-bond donors (Lipinski definition) is 0. The van der Waals surface area contributed by atoms with Gasteiger partial charge in [-0.05, 0) is 45.7 Å². The molecule has 0 saturated carbocycles. The van der Waals surface area contributed by atoms with Crippen molar-refractivity contribution in [1.29, 1.82) is 0 Å². The molecule has 142 valence electrons. The molecule has 3 heterocycles. The van der Waals surface area contributed by atoms with Crippen LogP contribution in [-0.2, 0) is 9.47 Å². The molecular weight excluding hydrogens is 366 g/mol. The van der Waals surface area contributed by atoms with Crippen LogP contribution in [0.5, 0.6) is 0 Å². The minimum absolute atomic E-state index is 0.0516. The second-order valence-electron chi connectivity index (χ2n) is 7.44. The maximum absolute atomic E-state index is 13.0. The molecule has 0 aliphatic heterocycles. The van der Waals surface area contributed by atoms with Gasteiger partial charge in [0.05, 0.1) is 17.3 Å². The fourth-order valence-corrected chi connectivity index (χ4v) is 4.17. The number of methoxy groups -OCH3 is 1. The van der Waals surface area contributed by atoms with Gasteiger partial charge in [0.1, 0.15) is 22.2 Å². The first-order valence-electron chi connectivity index (χ1n) is 8.43. The van der Waals surface area contributed by atoms with Crippen molar-refractivity contribution in [2.45, 2.75) is 40.2 Å². The summed E-state index contributed by atoms with van der Waals surface area (Å²) in [5, 5.41) is 1.44. The lowest BCUT2D eigenvalue weighted by atomic mass is 10.1. The highest BCUT2D eigenvalue weighted by Crippen LogP contribution is 2.32. The number of carbonyl (C=O) groups is 2. The standard InChI is InChI=1S/C20H21NO5S/c1-10-7-11(2)14-13(19(24)26-20(3,4)5)17-15(21(14)8-10)16(22)12(9-27-17)18(23)25-6/h7-9H,1-6H3. The average molecular weight is 387 g/mol. The Kier molecular flexibility index (Phi) is 4.59. The van der Waals surface area contributed by atoms with E-state index in [1.807, 2.05) is 19.9 Å². The summed E-state index contributed by atoms with van der Waals surface area (Å²) in [6, 6.07) is 1.94. The minimum atomic E-state index is -0.698. The Morgan fingerprint density at radius 3 is 2.37 bits per heavy atom. The Morgan fingerprint density at radius 2 is 1.78 bits per heavy atom. The first-order chi connectivity index (χ1) is 12.5. The first-order valence-corrected chi connectivity index (χ1v) is 9.31. The van der Waals surface area contributed by atoms with Crippen molar-refractivity contribution in [2.24, 2.45) is 0 Å². The van der Waals surface area contributed by atoms with Crippen LogP contribution in [-0.4, -0.2) is 29.1 Å². The highest BCUT2D eigenvalue weighted by atomic mass is 32.1. The number of aryl methyl sites for hydroxylation is 2. The second-order valence-corrected chi connectivity index (χ2v) is 8.32. The molecule has 6 nitrogen and oxygen atoms in total. The zero-order chi connectivity index (χ0) is 20.1. The molecule has 0 aliphatic rings. The topological polar surface area (TPSA) is 74.1 Å². The summed E-state index contributed by atoms with van der Waals surface area (Å²) in [7, 11) is 1.23. The SMILES string of the molecule is COC(=O)c1csc2c(C(=O)OC(C)(C)C)c3c(C)cc(C)cn3c2c1=O. The van der Waals surface area contributed by atoms with E-state index in [2.05, 4.69) is 0 Å². The molecule has 0 atom stereocenters. The van der Waals surface area contributed by atoms with Gasteiger partial charge in [-0.2, -0.15) is 0 Å². The molecule has 7 heteroatoms. The lowest BCUT2D eigenvalue weighted by Crippen LogP contribution is -2.24. The van der Waals surface area contributed by atoms with Crippen LogP contribution in [0.4, 0.5) is 0 Å². The number of esters is 2. The predicted molar refractivity (Wildman–Crippen MR) is 105 cm³/mol. The maximum Gasteiger partial charge on any atom is 0.342 e. The molecule has 0 radical (unpaired) electrons. The van der Waals surface area contributed by atoms with E-state index in [0.717, 1.165) is 22.5 Å². The monoisotopic (exact) mass is 387 g/mol. The van der Waals surface area contributed by atoms with Gasteiger partial charge in [0.15, 0.2) is 0 Å². The second kappa shape index (κ2) is 6.49. The van der Waals surface area contributed by atoms with Gasteiger partial charge in [-0.3, -0.25) is 4.79 Å². The van der Waals surface area contributed by atoms with Crippen LogP contribution in [0.3, 0.4) is 0 Å². The van der Waals surface area contributed by atoms with Crippen LogP contribution in [0.1, 0.15) is 52.6 Å². The Hall–Kier alpha value is -2.67. The molecule has 3 rings (SSSR count). The lowest BCUT2D eigenvalue weighted by Gasteiger charge is -2.19. The van der Waals surface area contributed by atoms with E-state index < -0.39 is 23.0 Å². The van der Waals surface area contributed by atoms with Crippen LogP contribution >= 0.6 is 11.3 Å². The largest absolute Gasteiger partial charge is 0.465 e. The van der Waals surface area contributed by atoms with Gasteiger partial charge in [0.2, 0.25) is 5.43 Å². The van der Waals surface area contributed by atoms with E-state index in [1.54, 1.807) is 31.4 Å². The van der Waals surface area contributed by atoms with E-state index in [4.69, 9.17) is 9.47 Å². The normalized spacial score (nSPS) is 11.8. The van der Waals surface area contributed by atoms with Gasteiger partial charge in [-0.25, -0.2) is 9.59 Å². The molecule has 0 bridgehead atoms. The van der Waals surface area contributed by atoms with Crippen molar-refractivity contribution in [1.82, 2.24) is 4.40 Å². The van der Waals surface area contributed by atoms with E-state index in [9.17, 15) is 14.4 Å². The molecule has 0 aliphatic carbocycles. The summed E-state index contributed by atoms with van der Waals surface area (Å²) in [5.41, 5.74) is 1.82. The summed E-state index contributed by atoms with van der Waals surface area (Å²) in [5.74, 6) is -1.19. The Bertz CT molecular complexity index is 1150. The molecular formula is C20H21NO5S. The molecule has 3 aromatic rings. The highest BCUT2D eigenvalue weighted by Gasteiger charge is 2.28. The van der Waals surface area contributed by atoms with Crippen molar-refractivity contribution in [2.75, 3.05) is 7.11 Å². The number of fused-ring (bicyclic) bond motifs is 3. The quantitative estimate of drug-likeness (QED) is 0.624. The molecule has 0 fully saturated rings. The number of rotatable bonds is 2. The summed E-state index contributed by atoms with van der Waals surface area (Å²) >= 11 is 1.16. The van der Waals surface area contributed by atoms with Crippen LogP contribution in [0.2, 0.25) is 0 Å². The molecule has 0 unspecified atom stereocenters. The van der Waals surface area contributed by atoms with Crippen LogP contribution < -0.4 is 5.43 Å². The maximum atomic E-state index is 13.0. The third-order valence-electron chi connectivity index (χ3n) is 4.07. The van der Waals surface area contributed by atoms with Gasteiger partial charge >= 0.3 is 11.9 Å². The molecule has 3 aromatic heterocycles. The van der Waals surface area contributed by atoms with Gasteiger partial charge in [0.25, 0.3) is 0 Å². The van der Waals surface area contributed by atoms with Gasteiger partial charge in [0, 0.05) is 11.6 Å². The van der Waals surface area contributed by atoms with Crippen LogP contribution in [0.15, 0.2) is 22.4 Å². The number of carbonyl (C=O) groups excluding carboxylic acids is 2. The zero-order valence-electron chi connectivity index (χ0n) is 16.1. The molecule has 0 saturated heterocycles. The number of aromatic nitrogens is 1. The van der Waals surface area contributed by atoms with Crippen molar-refractivity contribution < 1.29 is 19.1 Å². The van der Waals surface area contributed by atoms with Crippen LogP contribution in [0.25, 0.3) is 15.7 Å². The molecule has 27 heavy (non-hydrogen) atoms. The van der Waals surface area contributed by atoms with E-state index in [1.165, 1.54) is 12.5 Å². The fraction of sp³-hybridized carbons (Fsp3) is 0.350. The first kappa shape index (κ1) is 19.1.